The molecule has 0 bridgehead atoms. The number of benzene rings is 1. The summed E-state index contributed by atoms with van der Waals surface area (Å²) in [5.41, 5.74) is 5.62. The number of nitrogens with zero attached hydrogens (tertiary/aromatic N) is 1. The molecule has 3 heteroatoms. The SMILES string of the molecule is [NH2+]=Nc1ccccc1Cl. The second-order valence-electron chi connectivity index (χ2n) is 1.58. The highest BCUT2D eigenvalue weighted by molar-refractivity contribution is 6.32. The summed E-state index contributed by atoms with van der Waals surface area (Å²) >= 11 is 5.65. The Morgan fingerprint density at radius 3 is 2.44 bits per heavy atom. The van der Waals surface area contributed by atoms with Gasteiger partial charge in [0.05, 0.1) is 5.02 Å². The quantitative estimate of drug-likeness (QED) is 0.571. The van der Waals surface area contributed by atoms with Gasteiger partial charge in [0, 0.05) is 0 Å². The molecule has 2 nitrogen and oxygen atoms in total. The lowest BCUT2D eigenvalue weighted by atomic mass is 10.3. The highest BCUT2D eigenvalue weighted by Crippen LogP contribution is 2.21. The minimum absolute atomic E-state index is 0.583. The van der Waals surface area contributed by atoms with Gasteiger partial charge in [-0.15, -0.1) is 0 Å². The zero-order chi connectivity index (χ0) is 6.69. The molecular weight excluding hydrogens is 136 g/mol. The van der Waals surface area contributed by atoms with Crippen LogP contribution in [0.2, 0.25) is 5.02 Å². The van der Waals surface area contributed by atoms with Gasteiger partial charge in [0.2, 0.25) is 0 Å². The average Bonchev–Trinajstić information content (AvgIpc) is 1.89. The molecule has 0 aliphatic heterocycles. The molecule has 0 fully saturated rings. The van der Waals surface area contributed by atoms with Crippen LogP contribution in [0.3, 0.4) is 0 Å². The molecule has 2 N–H and O–H groups in total. The number of nitrogens with two attached hydrogens (primary N) is 1. The fourth-order valence-electron chi connectivity index (χ4n) is 0.556. The zero-order valence-electron chi connectivity index (χ0n) is 4.71. The van der Waals surface area contributed by atoms with E-state index < -0.39 is 0 Å². The van der Waals surface area contributed by atoms with E-state index in [4.69, 9.17) is 17.1 Å². The molecule has 1 rings (SSSR count). The summed E-state index contributed by atoms with van der Waals surface area (Å²) < 4.78 is 0. The molecule has 1 aromatic carbocycles. The van der Waals surface area contributed by atoms with Gasteiger partial charge in [0.15, 0.2) is 0 Å². The molecule has 0 saturated heterocycles. The van der Waals surface area contributed by atoms with Crippen LogP contribution in [0.15, 0.2) is 29.4 Å². The fraction of sp³-hybridized carbons (Fsp3) is 0. The maximum Gasteiger partial charge on any atom is 0.148 e. The van der Waals surface area contributed by atoms with Crippen molar-refractivity contribution in [2.75, 3.05) is 0 Å². The third-order valence-corrected chi connectivity index (χ3v) is 1.31. The molecule has 0 saturated carbocycles. The van der Waals surface area contributed by atoms with Crippen LogP contribution in [0.1, 0.15) is 0 Å². The van der Waals surface area contributed by atoms with E-state index in [-0.39, 0.29) is 0 Å². The van der Waals surface area contributed by atoms with Crippen molar-refractivity contribution >= 4 is 17.3 Å². The van der Waals surface area contributed by atoms with Crippen molar-refractivity contribution in [2.45, 2.75) is 0 Å². The highest BCUT2D eigenvalue weighted by Gasteiger charge is 1.95. The van der Waals surface area contributed by atoms with Gasteiger partial charge >= 0.3 is 0 Å². The maximum atomic E-state index is 5.65. The lowest BCUT2D eigenvalue weighted by Gasteiger charge is -1.87. The first kappa shape index (κ1) is 6.23. The van der Waals surface area contributed by atoms with E-state index in [0.717, 1.165) is 0 Å². The second-order valence-corrected chi connectivity index (χ2v) is 1.99. The van der Waals surface area contributed by atoms with E-state index in [1.807, 2.05) is 12.1 Å². The molecule has 0 aliphatic rings. The Hall–Kier alpha value is -0.890. The Morgan fingerprint density at radius 2 is 2.00 bits per heavy atom. The largest absolute Gasteiger partial charge is 0.152 e. The Bertz CT molecular complexity index is 222. The molecule has 0 aromatic heterocycles. The van der Waals surface area contributed by atoms with E-state index in [9.17, 15) is 0 Å². The Balaban J connectivity index is 3.15. The lowest BCUT2D eigenvalue weighted by molar-refractivity contribution is -0.210. The number of halogens is 1. The van der Waals surface area contributed by atoms with Crippen LogP contribution < -0.4 is 5.53 Å². The summed E-state index contributed by atoms with van der Waals surface area (Å²) in [5.74, 6) is 0. The van der Waals surface area contributed by atoms with Crippen LogP contribution in [-0.2, 0) is 0 Å². The first-order valence-electron chi connectivity index (χ1n) is 2.50. The van der Waals surface area contributed by atoms with Crippen molar-refractivity contribution in [3.05, 3.63) is 29.3 Å². The average molecular weight is 142 g/mol. The van der Waals surface area contributed by atoms with E-state index in [0.29, 0.717) is 10.7 Å². The van der Waals surface area contributed by atoms with Gasteiger partial charge in [-0.1, -0.05) is 23.7 Å². The van der Waals surface area contributed by atoms with Gasteiger partial charge in [-0.05, 0) is 17.2 Å². The molecule has 0 amide bonds. The molecule has 0 atom stereocenters. The molecule has 46 valence electrons. The van der Waals surface area contributed by atoms with E-state index in [1.54, 1.807) is 12.1 Å². The Kier molecular flexibility index (Phi) is 1.80. The smallest absolute Gasteiger partial charge is 0.148 e. The van der Waals surface area contributed by atoms with E-state index in [1.165, 1.54) is 0 Å². The lowest BCUT2D eigenvalue weighted by Crippen LogP contribution is -2.21. The molecule has 0 unspecified atom stereocenters. The standard InChI is InChI=1S/C6H5ClN2/c7-5-3-1-2-4-6(5)9-8/h1-4,8H/p+1. The number of rotatable bonds is 1. The Labute approximate surface area is 58.0 Å². The topological polar surface area (TPSA) is 38.0 Å². The van der Waals surface area contributed by atoms with Crippen molar-refractivity contribution in [3.63, 3.8) is 0 Å². The van der Waals surface area contributed by atoms with Crippen LogP contribution in [0.25, 0.3) is 0 Å². The normalized spacial score (nSPS) is 9.00. The number of hydrogen-bond donors (Lipinski definition) is 1. The van der Waals surface area contributed by atoms with E-state index in [2.05, 4.69) is 5.11 Å². The van der Waals surface area contributed by atoms with Crippen LogP contribution in [-0.4, -0.2) is 0 Å². The molecule has 0 heterocycles. The summed E-state index contributed by atoms with van der Waals surface area (Å²) in [5, 5.41) is 4.02. The summed E-state index contributed by atoms with van der Waals surface area (Å²) in [4.78, 5) is 0. The van der Waals surface area contributed by atoms with Gasteiger partial charge in [-0.25, -0.2) is 0 Å². The monoisotopic (exact) mass is 141 g/mol. The predicted molar refractivity (Wildman–Crippen MR) is 35.5 cm³/mol. The van der Waals surface area contributed by atoms with Gasteiger partial charge in [-0.2, -0.15) is 5.53 Å². The summed E-state index contributed by atoms with van der Waals surface area (Å²) in [7, 11) is 0. The van der Waals surface area contributed by atoms with E-state index >= 15 is 0 Å². The summed E-state index contributed by atoms with van der Waals surface area (Å²) in [6, 6.07) is 7.16. The minimum atomic E-state index is 0.583. The predicted octanol–water partition coefficient (Wildman–Crippen LogP) is 1.18. The van der Waals surface area contributed by atoms with Crippen molar-refractivity contribution in [1.82, 2.24) is 0 Å². The van der Waals surface area contributed by atoms with Crippen LogP contribution in [0.4, 0.5) is 5.69 Å². The van der Waals surface area contributed by atoms with Gasteiger partial charge in [-0.3, -0.25) is 0 Å². The van der Waals surface area contributed by atoms with Gasteiger partial charge < -0.3 is 0 Å². The molecule has 9 heavy (non-hydrogen) atoms. The van der Waals surface area contributed by atoms with Crippen molar-refractivity contribution in [1.29, 1.82) is 0 Å². The minimum Gasteiger partial charge on any atom is -0.152 e. The summed E-state index contributed by atoms with van der Waals surface area (Å²) in [6.45, 7) is 0. The van der Waals surface area contributed by atoms with Crippen molar-refractivity contribution < 1.29 is 5.53 Å². The molecule has 0 spiro atoms. The maximum absolute atomic E-state index is 5.65. The fourth-order valence-corrected chi connectivity index (χ4v) is 0.741. The second kappa shape index (κ2) is 2.60. The number of hydrogen-bond acceptors (Lipinski definition) is 1. The van der Waals surface area contributed by atoms with Gasteiger partial charge in [0.1, 0.15) is 5.69 Å². The van der Waals surface area contributed by atoms with Crippen LogP contribution >= 0.6 is 11.6 Å². The van der Waals surface area contributed by atoms with Gasteiger partial charge in [0.25, 0.3) is 0 Å². The Morgan fingerprint density at radius 1 is 1.33 bits per heavy atom. The third kappa shape index (κ3) is 1.27. The van der Waals surface area contributed by atoms with Crippen molar-refractivity contribution in [3.8, 4) is 0 Å². The first-order chi connectivity index (χ1) is 4.34. The zero-order valence-corrected chi connectivity index (χ0v) is 5.47. The molecule has 0 aliphatic carbocycles. The first-order valence-corrected chi connectivity index (χ1v) is 2.88. The summed E-state index contributed by atoms with van der Waals surface area (Å²) in [6.07, 6.45) is 0. The molecule has 1 aromatic rings. The van der Waals surface area contributed by atoms with Crippen molar-refractivity contribution in [2.24, 2.45) is 5.11 Å². The molecular formula is C6H6ClN2+. The third-order valence-electron chi connectivity index (χ3n) is 0.992. The highest BCUT2D eigenvalue weighted by atomic mass is 35.5. The van der Waals surface area contributed by atoms with Crippen LogP contribution in [0.5, 0.6) is 0 Å². The van der Waals surface area contributed by atoms with Crippen LogP contribution in [0, 0.1) is 0 Å². The molecule has 0 radical (unpaired) electrons.